The van der Waals surface area contributed by atoms with Gasteiger partial charge in [0.25, 0.3) is 5.91 Å². The molecule has 1 fully saturated rings. The van der Waals surface area contributed by atoms with E-state index >= 15 is 0 Å². The Bertz CT molecular complexity index is 1250. The molecule has 0 unspecified atom stereocenters. The lowest BCUT2D eigenvalue weighted by Gasteiger charge is -2.38. The topological polar surface area (TPSA) is 102 Å². The Labute approximate surface area is 225 Å². The monoisotopic (exact) mass is 514 g/mol. The molecule has 4 rings (SSSR count). The molecule has 0 saturated carbocycles. The smallest absolute Gasteiger partial charge is 0.253 e. The third kappa shape index (κ3) is 6.81. The van der Waals surface area contributed by atoms with Crippen LogP contribution in [-0.4, -0.2) is 69.4 Å². The number of nitrogens with one attached hydrogen (secondary N) is 2. The lowest BCUT2D eigenvalue weighted by molar-refractivity contribution is -0.128. The summed E-state index contributed by atoms with van der Waals surface area (Å²) in [6.07, 6.45) is 10.4. The zero-order valence-electron chi connectivity index (χ0n) is 22.9. The van der Waals surface area contributed by atoms with Crippen molar-refractivity contribution in [2.24, 2.45) is 0 Å². The number of carbonyl (C=O) groups excluding carboxylic acids is 2. The summed E-state index contributed by atoms with van der Waals surface area (Å²) in [5, 5.41) is 11.2. The van der Waals surface area contributed by atoms with Crippen LogP contribution in [-0.2, 0) is 22.4 Å². The Morgan fingerprint density at radius 1 is 1.05 bits per heavy atom. The number of nitrogens with zero attached hydrogens (tertiary/aromatic N) is 4. The van der Waals surface area contributed by atoms with Crippen molar-refractivity contribution in [3.8, 4) is 0 Å². The first-order chi connectivity index (χ1) is 18.2. The summed E-state index contributed by atoms with van der Waals surface area (Å²) in [6.45, 7) is 10.6. The number of allylic oxidation sites excluding steroid dienone is 2. The van der Waals surface area contributed by atoms with Crippen molar-refractivity contribution < 1.29 is 9.59 Å². The molecular weight excluding hydrogens is 476 g/mol. The molecule has 0 radical (unpaired) electrons. The number of benzene rings is 1. The zero-order valence-corrected chi connectivity index (χ0v) is 22.9. The minimum absolute atomic E-state index is 0.116. The Hall–Kier alpha value is -3.65. The maximum Gasteiger partial charge on any atom is 0.253 e. The molecule has 38 heavy (non-hydrogen) atoms. The fourth-order valence-corrected chi connectivity index (χ4v) is 5.33. The van der Waals surface area contributed by atoms with E-state index in [4.69, 9.17) is 10.4 Å². The Morgan fingerprint density at radius 2 is 1.74 bits per heavy atom. The van der Waals surface area contributed by atoms with Gasteiger partial charge in [0, 0.05) is 63.0 Å². The van der Waals surface area contributed by atoms with Crippen molar-refractivity contribution in [3.63, 3.8) is 0 Å². The number of rotatable bonds is 7. The summed E-state index contributed by atoms with van der Waals surface area (Å²) in [5.74, 6) is 0.172. The summed E-state index contributed by atoms with van der Waals surface area (Å²) >= 11 is 0. The lowest BCUT2D eigenvalue weighted by Crippen LogP contribution is -2.47. The molecule has 200 valence electrons. The molecule has 2 aliphatic heterocycles. The van der Waals surface area contributed by atoms with Crippen LogP contribution >= 0.6 is 0 Å². The van der Waals surface area contributed by atoms with E-state index in [1.165, 1.54) is 29.7 Å². The second-order valence-electron chi connectivity index (χ2n) is 10.3. The van der Waals surface area contributed by atoms with E-state index in [0.29, 0.717) is 30.7 Å². The van der Waals surface area contributed by atoms with E-state index in [1.807, 2.05) is 18.0 Å². The minimum Gasteiger partial charge on any atom is -0.339 e. The Kier molecular flexibility index (Phi) is 8.84. The first-order valence-electron chi connectivity index (χ1n) is 13.4. The van der Waals surface area contributed by atoms with E-state index in [9.17, 15) is 9.59 Å². The number of likely N-dealkylation sites (tertiary alicyclic amines) is 1. The third-order valence-corrected chi connectivity index (χ3v) is 7.28. The highest BCUT2D eigenvalue weighted by Gasteiger charge is 2.29. The molecule has 0 bridgehead atoms. The molecular formula is C30H38N6O2. The van der Waals surface area contributed by atoms with Crippen LogP contribution in [0.1, 0.15) is 49.1 Å². The second-order valence-corrected chi connectivity index (χ2v) is 10.3. The number of anilines is 2. The SMILES string of the molecule is C/C=C\C(=C/C(=N)C(C)=O)C(=O)N1CCC(N2CCc3cnc(Nc4cc(C)cc(C)c4)nc3CC2)CC1. The molecule has 8 nitrogen and oxygen atoms in total. The van der Waals surface area contributed by atoms with Crippen molar-refractivity contribution in [2.45, 2.75) is 59.4 Å². The Morgan fingerprint density at radius 3 is 2.39 bits per heavy atom. The van der Waals surface area contributed by atoms with E-state index in [0.717, 1.165) is 50.2 Å². The van der Waals surface area contributed by atoms with Crippen molar-refractivity contribution >= 4 is 29.0 Å². The van der Waals surface area contributed by atoms with Crippen molar-refractivity contribution in [3.05, 3.63) is 70.6 Å². The molecule has 2 aliphatic rings. The van der Waals surface area contributed by atoms with E-state index in [-0.39, 0.29) is 17.4 Å². The molecule has 1 saturated heterocycles. The fourth-order valence-electron chi connectivity index (χ4n) is 5.33. The van der Waals surface area contributed by atoms with Crippen LogP contribution < -0.4 is 5.32 Å². The standard InChI is InChI=1S/C30H38N6O2/c1-5-6-23(18-27(31)22(4)37)29(38)36-12-8-26(9-13-36)35-11-7-24-19-32-30(34-28(24)10-14-35)33-25-16-20(2)15-21(3)17-25/h5-6,15-19,26,31H,7-14H2,1-4H3,(H,32,33,34)/b6-5-,23-18+,31-27?. The molecule has 0 spiro atoms. The summed E-state index contributed by atoms with van der Waals surface area (Å²) in [4.78, 5) is 38.4. The van der Waals surface area contributed by atoms with E-state index in [1.54, 1.807) is 12.2 Å². The number of aromatic nitrogens is 2. The van der Waals surface area contributed by atoms with Gasteiger partial charge in [-0.2, -0.15) is 0 Å². The van der Waals surface area contributed by atoms with Gasteiger partial charge in [0.05, 0.1) is 11.4 Å². The third-order valence-electron chi connectivity index (χ3n) is 7.28. The van der Waals surface area contributed by atoms with Crippen LogP contribution in [0.5, 0.6) is 0 Å². The van der Waals surface area contributed by atoms with Gasteiger partial charge < -0.3 is 10.2 Å². The van der Waals surface area contributed by atoms with Gasteiger partial charge in [-0.15, -0.1) is 0 Å². The largest absolute Gasteiger partial charge is 0.339 e. The molecule has 8 heteroatoms. The maximum atomic E-state index is 13.1. The van der Waals surface area contributed by atoms with Gasteiger partial charge >= 0.3 is 0 Å². The molecule has 1 amide bonds. The van der Waals surface area contributed by atoms with Gasteiger partial charge in [-0.1, -0.05) is 18.2 Å². The molecule has 1 aromatic carbocycles. The number of amides is 1. The number of hydrogen-bond acceptors (Lipinski definition) is 7. The highest BCUT2D eigenvalue weighted by molar-refractivity contribution is 6.42. The first-order valence-corrected chi connectivity index (χ1v) is 13.4. The van der Waals surface area contributed by atoms with Crippen LogP contribution in [0.25, 0.3) is 0 Å². The normalized spacial score (nSPS) is 17.3. The van der Waals surface area contributed by atoms with Crippen LogP contribution in [0.4, 0.5) is 11.6 Å². The Balaban J connectivity index is 1.35. The van der Waals surface area contributed by atoms with Crippen LogP contribution in [0, 0.1) is 19.3 Å². The summed E-state index contributed by atoms with van der Waals surface area (Å²) in [7, 11) is 0. The van der Waals surface area contributed by atoms with Gasteiger partial charge in [-0.3, -0.25) is 19.9 Å². The number of aryl methyl sites for hydroxylation is 2. The van der Waals surface area contributed by atoms with Crippen LogP contribution in [0.3, 0.4) is 0 Å². The van der Waals surface area contributed by atoms with Crippen molar-refractivity contribution in [2.75, 3.05) is 31.5 Å². The highest BCUT2D eigenvalue weighted by atomic mass is 16.2. The molecule has 1 aromatic heterocycles. The predicted octanol–water partition coefficient (Wildman–Crippen LogP) is 4.34. The van der Waals surface area contributed by atoms with Gasteiger partial charge in [-0.05, 0) is 74.9 Å². The van der Waals surface area contributed by atoms with Crippen LogP contribution in [0.15, 0.2) is 48.2 Å². The lowest BCUT2D eigenvalue weighted by atomic mass is 10.0. The summed E-state index contributed by atoms with van der Waals surface area (Å²) in [6, 6.07) is 6.77. The average molecular weight is 515 g/mol. The van der Waals surface area contributed by atoms with Crippen molar-refractivity contribution in [1.82, 2.24) is 19.8 Å². The molecule has 2 N–H and O–H groups in total. The average Bonchev–Trinajstić information content (AvgIpc) is 3.10. The molecule has 2 aromatic rings. The number of carbonyl (C=O) groups is 2. The van der Waals surface area contributed by atoms with Gasteiger partial charge in [-0.25, -0.2) is 9.97 Å². The van der Waals surface area contributed by atoms with Crippen LogP contribution in [0.2, 0.25) is 0 Å². The zero-order chi connectivity index (χ0) is 27.2. The number of fused-ring (bicyclic) bond motifs is 1. The summed E-state index contributed by atoms with van der Waals surface area (Å²) < 4.78 is 0. The molecule has 0 atom stereocenters. The summed E-state index contributed by atoms with van der Waals surface area (Å²) in [5.41, 5.74) is 5.97. The number of ketones is 1. The first kappa shape index (κ1) is 27.4. The predicted molar refractivity (Wildman–Crippen MR) is 151 cm³/mol. The van der Waals surface area contributed by atoms with Gasteiger partial charge in [0.1, 0.15) is 0 Å². The quantitative estimate of drug-likeness (QED) is 0.324. The molecule has 0 aliphatic carbocycles. The minimum atomic E-state index is -0.349. The van der Waals surface area contributed by atoms with E-state index in [2.05, 4.69) is 47.2 Å². The van der Waals surface area contributed by atoms with E-state index < -0.39 is 0 Å². The second kappa shape index (κ2) is 12.3. The number of hydrogen-bond donors (Lipinski definition) is 2. The van der Waals surface area contributed by atoms with Crippen molar-refractivity contribution in [1.29, 1.82) is 5.41 Å². The molecule has 3 heterocycles. The fraction of sp³-hybridized carbons (Fsp3) is 0.433. The highest BCUT2D eigenvalue weighted by Crippen LogP contribution is 2.24. The van der Waals surface area contributed by atoms with Gasteiger partial charge in [0.2, 0.25) is 5.95 Å². The van der Waals surface area contributed by atoms with Gasteiger partial charge in [0.15, 0.2) is 5.78 Å². The maximum absolute atomic E-state index is 13.1. The number of Topliss-reactive ketones (excluding diaryl/α,β-unsaturated/α-hetero) is 1. The number of piperidine rings is 1.